The molecule has 0 fully saturated rings. The van der Waals surface area contributed by atoms with Crippen molar-refractivity contribution in [1.29, 1.82) is 0 Å². The fourth-order valence-electron chi connectivity index (χ4n) is 0.764. The topological polar surface area (TPSA) is 22.1 Å². The SMILES string of the molecule is CO[C@H](C)c1ccc(Cl)nc1. The van der Waals surface area contributed by atoms with Gasteiger partial charge in [0, 0.05) is 13.3 Å². The molecule has 60 valence electrons. The third kappa shape index (κ3) is 2.17. The molecule has 1 atom stereocenters. The van der Waals surface area contributed by atoms with E-state index in [1.165, 1.54) is 0 Å². The highest BCUT2D eigenvalue weighted by atomic mass is 35.5. The molecule has 2 nitrogen and oxygen atoms in total. The lowest BCUT2D eigenvalue weighted by Crippen LogP contribution is -1.95. The van der Waals surface area contributed by atoms with Crippen LogP contribution in [-0.2, 0) is 4.74 Å². The first kappa shape index (κ1) is 8.50. The Bertz CT molecular complexity index is 222. The Morgan fingerprint density at radius 1 is 1.55 bits per heavy atom. The third-order valence-electron chi connectivity index (χ3n) is 1.57. The van der Waals surface area contributed by atoms with Crippen molar-refractivity contribution in [3.63, 3.8) is 0 Å². The van der Waals surface area contributed by atoms with Gasteiger partial charge in [-0.2, -0.15) is 0 Å². The summed E-state index contributed by atoms with van der Waals surface area (Å²) in [6.07, 6.45) is 1.80. The van der Waals surface area contributed by atoms with Crippen molar-refractivity contribution in [1.82, 2.24) is 4.98 Å². The van der Waals surface area contributed by atoms with Gasteiger partial charge in [0.1, 0.15) is 5.15 Å². The van der Waals surface area contributed by atoms with E-state index in [2.05, 4.69) is 4.98 Å². The van der Waals surface area contributed by atoms with E-state index in [4.69, 9.17) is 16.3 Å². The quantitative estimate of drug-likeness (QED) is 0.638. The first-order valence-corrected chi connectivity index (χ1v) is 3.76. The number of nitrogens with zero attached hydrogens (tertiary/aromatic N) is 1. The zero-order valence-corrected chi connectivity index (χ0v) is 7.30. The fraction of sp³-hybridized carbons (Fsp3) is 0.375. The summed E-state index contributed by atoms with van der Waals surface area (Å²) in [6, 6.07) is 3.66. The van der Waals surface area contributed by atoms with Gasteiger partial charge in [-0.15, -0.1) is 0 Å². The van der Waals surface area contributed by atoms with Gasteiger partial charge in [0.05, 0.1) is 6.10 Å². The predicted molar refractivity (Wildman–Crippen MR) is 44.7 cm³/mol. The van der Waals surface area contributed by atoms with Crippen LogP contribution in [-0.4, -0.2) is 12.1 Å². The number of rotatable bonds is 2. The Kier molecular flexibility index (Phi) is 2.85. The highest BCUT2D eigenvalue weighted by Gasteiger charge is 2.02. The van der Waals surface area contributed by atoms with Crippen LogP contribution in [0.1, 0.15) is 18.6 Å². The number of ether oxygens (including phenoxy) is 1. The predicted octanol–water partition coefficient (Wildman–Crippen LogP) is 2.44. The van der Waals surface area contributed by atoms with Crippen LogP contribution >= 0.6 is 11.6 Å². The zero-order chi connectivity index (χ0) is 8.27. The van der Waals surface area contributed by atoms with E-state index in [-0.39, 0.29) is 6.10 Å². The van der Waals surface area contributed by atoms with Crippen molar-refractivity contribution in [2.24, 2.45) is 0 Å². The maximum Gasteiger partial charge on any atom is 0.129 e. The van der Waals surface area contributed by atoms with E-state index in [1.54, 1.807) is 19.4 Å². The minimum Gasteiger partial charge on any atom is -0.377 e. The molecule has 0 bridgehead atoms. The molecular formula is C8H10ClNO. The van der Waals surface area contributed by atoms with Gasteiger partial charge in [-0.25, -0.2) is 4.98 Å². The van der Waals surface area contributed by atoms with E-state index in [1.807, 2.05) is 13.0 Å². The van der Waals surface area contributed by atoms with Gasteiger partial charge in [0.15, 0.2) is 0 Å². The van der Waals surface area contributed by atoms with Crippen LogP contribution in [0.5, 0.6) is 0 Å². The van der Waals surface area contributed by atoms with Gasteiger partial charge in [-0.3, -0.25) is 0 Å². The lowest BCUT2D eigenvalue weighted by Gasteiger charge is -2.07. The molecular weight excluding hydrogens is 162 g/mol. The molecule has 3 heteroatoms. The largest absolute Gasteiger partial charge is 0.377 e. The summed E-state index contributed by atoms with van der Waals surface area (Å²) in [5.74, 6) is 0. The molecule has 0 radical (unpaired) electrons. The van der Waals surface area contributed by atoms with E-state index in [0.29, 0.717) is 5.15 Å². The number of hydrogen-bond acceptors (Lipinski definition) is 2. The monoisotopic (exact) mass is 171 g/mol. The molecule has 0 unspecified atom stereocenters. The maximum atomic E-state index is 5.61. The smallest absolute Gasteiger partial charge is 0.129 e. The molecule has 0 saturated heterocycles. The Morgan fingerprint density at radius 2 is 2.27 bits per heavy atom. The molecule has 1 heterocycles. The van der Waals surface area contributed by atoms with Gasteiger partial charge in [0.2, 0.25) is 0 Å². The van der Waals surface area contributed by atoms with Gasteiger partial charge in [0.25, 0.3) is 0 Å². The van der Waals surface area contributed by atoms with Crippen LogP contribution < -0.4 is 0 Å². The Balaban J connectivity index is 2.81. The van der Waals surface area contributed by atoms with Gasteiger partial charge in [-0.1, -0.05) is 17.7 Å². The summed E-state index contributed by atoms with van der Waals surface area (Å²) in [7, 11) is 1.67. The molecule has 0 N–H and O–H groups in total. The molecule has 1 rings (SSSR count). The second-order valence-corrected chi connectivity index (χ2v) is 2.68. The molecule has 0 aromatic carbocycles. The number of methoxy groups -OCH3 is 1. The number of aromatic nitrogens is 1. The summed E-state index contributed by atoms with van der Waals surface area (Å²) in [5, 5.41) is 0.511. The molecule has 0 amide bonds. The zero-order valence-electron chi connectivity index (χ0n) is 6.54. The lowest BCUT2D eigenvalue weighted by atomic mass is 10.2. The average Bonchev–Trinajstić information content (AvgIpc) is 2.05. The Labute approximate surface area is 71.2 Å². The van der Waals surface area contributed by atoms with Gasteiger partial charge >= 0.3 is 0 Å². The fourth-order valence-corrected chi connectivity index (χ4v) is 0.876. The standard InChI is InChI=1S/C8H10ClNO/c1-6(11-2)7-3-4-8(9)10-5-7/h3-6H,1-2H3/t6-/m1/s1. The van der Waals surface area contributed by atoms with Crippen LogP contribution in [0.25, 0.3) is 0 Å². The third-order valence-corrected chi connectivity index (χ3v) is 1.80. The van der Waals surface area contributed by atoms with Crippen LogP contribution in [0.3, 0.4) is 0 Å². The maximum absolute atomic E-state index is 5.61. The number of halogens is 1. The van der Waals surface area contributed by atoms with Crippen molar-refractivity contribution in [3.05, 3.63) is 29.0 Å². The summed E-state index contributed by atoms with van der Waals surface area (Å²) >= 11 is 5.61. The number of hydrogen-bond donors (Lipinski definition) is 0. The Morgan fingerprint density at radius 3 is 2.73 bits per heavy atom. The summed E-state index contributed by atoms with van der Waals surface area (Å²) in [4.78, 5) is 3.93. The normalized spacial score (nSPS) is 13.0. The van der Waals surface area contributed by atoms with Gasteiger partial charge < -0.3 is 4.74 Å². The molecule has 0 aliphatic rings. The summed E-state index contributed by atoms with van der Waals surface area (Å²) in [5.41, 5.74) is 1.04. The van der Waals surface area contributed by atoms with E-state index < -0.39 is 0 Å². The molecule has 0 saturated carbocycles. The highest BCUT2D eigenvalue weighted by molar-refractivity contribution is 6.29. The molecule has 1 aromatic heterocycles. The molecule has 0 spiro atoms. The summed E-state index contributed by atoms with van der Waals surface area (Å²) < 4.78 is 5.09. The van der Waals surface area contributed by atoms with Crippen molar-refractivity contribution >= 4 is 11.6 Å². The highest BCUT2D eigenvalue weighted by Crippen LogP contribution is 2.15. The van der Waals surface area contributed by atoms with Crippen molar-refractivity contribution in [2.45, 2.75) is 13.0 Å². The van der Waals surface area contributed by atoms with Crippen LogP contribution in [0.4, 0.5) is 0 Å². The van der Waals surface area contributed by atoms with E-state index >= 15 is 0 Å². The summed E-state index contributed by atoms with van der Waals surface area (Å²) in [6.45, 7) is 1.96. The molecule has 0 aliphatic carbocycles. The minimum atomic E-state index is 0.0831. The van der Waals surface area contributed by atoms with E-state index in [9.17, 15) is 0 Å². The molecule has 0 aliphatic heterocycles. The number of pyridine rings is 1. The van der Waals surface area contributed by atoms with Crippen LogP contribution in [0.15, 0.2) is 18.3 Å². The van der Waals surface area contributed by atoms with Crippen molar-refractivity contribution in [3.8, 4) is 0 Å². The molecule has 1 aromatic rings. The molecule has 11 heavy (non-hydrogen) atoms. The minimum absolute atomic E-state index is 0.0831. The van der Waals surface area contributed by atoms with Gasteiger partial charge in [-0.05, 0) is 18.6 Å². The first-order chi connectivity index (χ1) is 5.24. The van der Waals surface area contributed by atoms with Crippen LogP contribution in [0, 0.1) is 0 Å². The first-order valence-electron chi connectivity index (χ1n) is 3.38. The second kappa shape index (κ2) is 3.69. The van der Waals surface area contributed by atoms with Crippen LogP contribution in [0.2, 0.25) is 5.15 Å². The second-order valence-electron chi connectivity index (χ2n) is 2.29. The van der Waals surface area contributed by atoms with Crippen molar-refractivity contribution < 1.29 is 4.74 Å². The Hall–Kier alpha value is -0.600. The van der Waals surface area contributed by atoms with E-state index in [0.717, 1.165) is 5.56 Å². The average molecular weight is 172 g/mol. The van der Waals surface area contributed by atoms with Crippen molar-refractivity contribution in [2.75, 3.05) is 7.11 Å². The lowest BCUT2D eigenvalue weighted by molar-refractivity contribution is 0.119.